The van der Waals surface area contributed by atoms with Gasteiger partial charge in [-0.05, 0) is 30.5 Å². The van der Waals surface area contributed by atoms with Gasteiger partial charge in [-0.1, -0.05) is 26.0 Å². The highest BCUT2D eigenvalue weighted by Gasteiger charge is 2.12. The van der Waals surface area contributed by atoms with Gasteiger partial charge in [-0.3, -0.25) is 0 Å². The highest BCUT2D eigenvalue weighted by Crippen LogP contribution is 2.18. The van der Waals surface area contributed by atoms with E-state index in [1.807, 2.05) is 6.92 Å². The van der Waals surface area contributed by atoms with Crippen LogP contribution in [-0.4, -0.2) is 31.1 Å². The van der Waals surface area contributed by atoms with Gasteiger partial charge in [0.15, 0.2) is 5.96 Å². The number of hydrogen-bond donors (Lipinski definition) is 2. The quantitative estimate of drug-likeness (QED) is 0.315. The van der Waals surface area contributed by atoms with Crippen molar-refractivity contribution < 1.29 is 9.13 Å². The summed E-state index contributed by atoms with van der Waals surface area (Å²) >= 11 is 1.63. The molecule has 0 radical (unpaired) electrons. The number of aromatic nitrogens is 1. The molecule has 0 saturated heterocycles. The first-order chi connectivity index (χ1) is 12.5. The molecule has 2 rings (SSSR count). The highest BCUT2D eigenvalue weighted by atomic mass is 127. The van der Waals surface area contributed by atoms with Crippen molar-refractivity contribution in [2.75, 3.05) is 20.2 Å². The molecule has 1 unspecified atom stereocenters. The molecule has 5 nitrogen and oxygen atoms in total. The molecule has 1 heterocycles. The summed E-state index contributed by atoms with van der Waals surface area (Å²) < 4.78 is 18.6. The largest absolute Gasteiger partial charge is 0.375 e. The van der Waals surface area contributed by atoms with Gasteiger partial charge in [0.2, 0.25) is 0 Å². The van der Waals surface area contributed by atoms with Crippen LogP contribution in [0.25, 0.3) is 0 Å². The Bertz CT molecular complexity index is 706. The molecule has 1 atom stereocenters. The summed E-state index contributed by atoms with van der Waals surface area (Å²) in [4.78, 5) is 9.20. The Morgan fingerprint density at radius 3 is 2.52 bits per heavy atom. The van der Waals surface area contributed by atoms with Crippen molar-refractivity contribution >= 4 is 41.3 Å². The summed E-state index contributed by atoms with van der Waals surface area (Å²) in [5, 5.41) is 9.59. The van der Waals surface area contributed by atoms with Gasteiger partial charge < -0.3 is 15.4 Å². The molecular formula is C19H28FIN4OS. The number of methoxy groups -OCH3 is 1. The second-order valence-electron chi connectivity index (χ2n) is 6.17. The Balaban J connectivity index is 0.00000364. The van der Waals surface area contributed by atoms with Crippen LogP contribution in [0.3, 0.4) is 0 Å². The lowest BCUT2D eigenvalue weighted by molar-refractivity contribution is 0.106. The summed E-state index contributed by atoms with van der Waals surface area (Å²) in [6, 6.07) is 6.35. The number of ether oxygens (including phenoxy) is 1. The number of rotatable bonds is 8. The van der Waals surface area contributed by atoms with E-state index >= 15 is 0 Å². The van der Waals surface area contributed by atoms with E-state index in [1.165, 1.54) is 12.1 Å². The minimum absolute atomic E-state index is 0. The second kappa shape index (κ2) is 12.2. The summed E-state index contributed by atoms with van der Waals surface area (Å²) in [5.74, 6) is 0.877. The van der Waals surface area contributed by atoms with Crippen molar-refractivity contribution in [2.24, 2.45) is 4.99 Å². The van der Waals surface area contributed by atoms with Crippen LogP contribution in [0.2, 0.25) is 0 Å². The maximum absolute atomic E-state index is 13.1. The Morgan fingerprint density at radius 1 is 1.26 bits per heavy atom. The standard InChI is InChI=1S/C19H27FN4OS.HI/c1-5-21-19(23-11-18-24-16(12-26-18)13(2)3)22-10-17(25-4)14-6-8-15(20)9-7-14;/h6-9,12-13,17H,5,10-11H2,1-4H3,(H2,21,22,23);1H. The van der Waals surface area contributed by atoms with E-state index in [4.69, 9.17) is 4.74 Å². The van der Waals surface area contributed by atoms with Gasteiger partial charge in [-0.2, -0.15) is 0 Å². The van der Waals surface area contributed by atoms with E-state index in [9.17, 15) is 4.39 Å². The van der Waals surface area contributed by atoms with Crippen LogP contribution in [0.1, 0.15) is 49.1 Å². The molecule has 0 bridgehead atoms. The van der Waals surface area contributed by atoms with Gasteiger partial charge >= 0.3 is 0 Å². The molecule has 0 aliphatic heterocycles. The van der Waals surface area contributed by atoms with Gasteiger partial charge in [0, 0.05) is 25.6 Å². The average Bonchev–Trinajstić information content (AvgIpc) is 3.11. The molecular weight excluding hydrogens is 478 g/mol. The number of halogens is 2. The molecule has 2 N–H and O–H groups in total. The molecule has 150 valence electrons. The van der Waals surface area contributed by atoms with E-state index < -0.39 is 0 Å². The molecule has 0 saturated carbocycles. The van der Waals surface area contributed by atoms with Crippen LogP contribution in [0.15, 0.2) is 34.6 Å². The number of nitrogens with one attached hydrogen (secondary N) is 2. The minimum Gasteiger partial charge on any atom is -0.375 e. The molecule has 0 fully saturated rings. The van der Waals surface area contributed by atoms with Crippen molar-refractivity contribution in [3.8, 4) is 0 Å². The van der Waals surface area contributed by atoms with E-state index in [0.717, 1.165) is 22.8 Å². The molecule has 2 aromatic rings. The molecule has 0 amide bonds. The molecule has 0 spiro atoms. The third-order valence-corrected chi connectivity index (χ3v) is 4.71. The van der Waals surface area contributed by atoms with E-state index in [-0.39, 0.29) is 35.9 Å². The van der Waals surface area contributed by atoms with Crippen molar-refractivity contribution in [2.45, 2.75) is 39.3 Å². The maximum Gasteiger partial charge on any atom is 0.191 e. The number of guanidine groups is 1. The predicted octanol–water partition coefficient (Wildman–Crippen LogP) is 4.47. The summed E-state index contributed by atoms with van der Waals surface area (Å²) in [6.07, 6.45) is -0.188. The molecule has 0 aliphatic carbocycles. The zero-order valence-electron chi connectivity index (χ0n) is 16.2. The average molecular weight is 506 g/mol. The third kappa shape index (κ3) is 7.71. The fraction of sp³-hybridized carbons (Fsp3) is 0.474. The normalized spacial score (nSPS) is 12.6. The van der Waals surface area contributed by atoms with Gasteiger partial charge in [0.25, 0.3) is 0 Å². The highest BCUT2D eigenvalue weighted by molar-refractivity contribution is 14.0. The van der Waals surface area contributed by atoms with E-state index in [2.05, 4.69) is 39.8 Å². The number of thiazole rings is 1. The van der Waals surface area contributed by atoms with E-state index in [0.29, 0.717) is 25.0 Å². The molecule has 1 aromatic heterocycles. The Labute approximate surface area is 181 Å². The Morgan fingerprint density at radius 2 is 1.96 bits per heavy atom. The number of benzene rings is 1. The number of aliphatic imine (C=N–C) groups is 1. The minimum atomic E-state index is -0.254. The van der Waals surface area contributed by atoms with Crippen LogP contribution in [0.4, 0.5) is 4.39 Å². The lowest BCUT2D eigenvalue weighted by Gasteiger charge is -2.18. The molecule has 1 aromatic carbocycles. The van der Waals surface area contributed by atoms with Crippen LogP contribution in [0.5, 0.6) is 0 Å². The molecule has 0 aliphatic rings. The Kier molecular flexibility index (Phi) is 10.8. The van der Waals surface area contributed by atoms with Crippen molar-refractivity contribution in [1.82, 2.24) is 15.6 Å². The van der Waals surface area contributed by atoms with Crippen molar-refractivity contribution in [3.05, 3.63) is 51.7 Å². The predicted molar refractivity (Wildman–Crippen MR) is 121 cm³/mol. The third-order valence-electron chi connectivity index (χ3n) is 3.86. The first-order valence-electron chi connectivity index (χ1n) is 8.78. The zero-order valence-corrected chi connectivity index (χ0v) is 19.3. The summed E-state index contributed by atoms with van der Waals surface area (Å²) in [6.45, 7) is 8.10. The smallest absolute Gasteiger partial charge is 0.191 e. The fourth-order valence-electron chi connectivity index (χ4n) is 2.36. The molecule has 27 heavy (non-hydrogen) atoms. The van der Waals surface area contributed by atoms with Crippen LogP contribution < -0.4 is 10.6 Å². The van der Waals surface area contributed by atoms with Crippen LogP contribution in [-0.2, 0) is 11.3 Å². The summed E-state index contributed by atoms with van der Waals surface area (Å²) in [7, 11) is 1.64. The zero-order chi connectivity index (χ0) is 18.9. The second-order valence-corrected chi connectivity index (χ2v) is 7.12. The van der Waals surface area contributed by atoms with Crippen LogP contribution >= 0.6 is 35.3 Å². The number of hydrogen-bond acceptors (Lipinski definition) is 4. The Hall–Kier alpha value is -1.26. The van der Waals surface area contributed by atoms with Gasteiger partial charge in [-0.15, -0.1) is 35.3 Å². The van der Waals surface area contributed by atoms with Gasteiger partial charge in [-0.25, -0.2) is 14.4 Å². The van der Waals surface area contributed by atoms with Gasteiger partial charge in [0.1, 0.15) is 10.8 Å². The monoisotopic (exact) mass is 506 g/mol. The lowest BCUT2D eigenvalue weighted by atomic mass is 10.1. The SMILES string of the molecule is CCNC(=NCc1nc(C(C)C)cs1)NCC(OC)c1ccc(F)cc1.I. The topological polar surface area (TPSA) is 58.5 Å². The molecule has 8 heteroatoms. The van der Waals surface area contributed by atoms with Crippen molar-refractivity contribution in [1.29, 1.82) is 0 Å². The summed E-state index contributed by atoms with van der Waals surface area (Å²) in [5.41, 5.74) is 2.02. The number of nitrogens with zero attached hydrogens (tertiary/aromatic N) is 2. The maximum atomic E-state index is 13.1. The fourth-order valence-corrected chi connectivity index (χ4v) is 3.23. The first-order valence-corrected chi connectivity index (χ1v) is 9.66. The lowest BCUT2D eigenvalue weighted by Crippen LogP contribution is -2.39. The van der Waals surface area contributed by atoms with Crippen molar-refractivity contribution in [3.63, 3.8) is 0 Å². The van der Waals surface area contributed by atoms with E-state index in [1.54, 1.807) is 30.6 Å². The first kappa shape index (κ1) is 23.8. The van der Waals surface area contributed by atoms with Gasteiger partial charge in [0.05, 0.1) is 18.3 Å². The van der Waals surface area contributed by atoms with Crippen LogP contribution in [0, 0.1) is 5.82 Å².